The summed E-state index contributed by atoms with van der Waals surface area (Å²) in [7, 11) is 0. The first-order valence-electron chi connectivity index (χ1n) is 4.63. The van der Waals surface area contributed by atoms with Crippen molar-refractivity contribution in [3.05, 3.63) is 33.9 Å². The number of nitro benzene ring substituents is 1. The number of amides is 1. The first-order chi connectivity index (χ1) is 7.41. The molecule has 0 radical (unpaired) electrons. The number of hydrogen-bond donors (Lipinski definition) is 1. The molecule has 0 aliphatic rings. The molecule has 6 heteroatoms. The highest BCUT2D eigenvalue weighted by molar-refractivity contribution is 5.78. The van der Waals surface area contributed by atoms with Crippen LogP contribution in [-0.2, 0) is 4.79 Å². The molecular formula is C10H12N2O4. The molecule has 2 N–H and O–H groups in total. The number of nitro groups is 1. The molecule has 0 aliphatic heterocycles. The van der Waals surface area contributed by atoms with Gasteiger partial charge in [-0.05, 0) is 26.0 Å². The zero-order valence-electron chi connectivity index (χ0n) is 8.97. The van der Waals surface area contributed by atoms with Crippen LogP contribution < -0.4 is 10.5 Å². The van der Waals surface area contributed by atoms with E-state index in [1.165, 1.54) is 25.1 Å². The second-order valence-corrected chi connectivity index (χ2v) is 3.37. The number of carbonyl (C=O) groups excluding carboxylic acids is 1. The summed E-state index contributed by atoms with van der Waals surface area (Å²) in [5.41, 5.74) is 5.51. The van der Waals surface area contributed by atoms with Crippen molar-refractivity contribution in [3.63, 3.8) is 0 Å². The van der Waals surface area contributed by atoms with Crippen molar-refractivity contribution in [1.29, 1.82) is 0 Å². The number of primary amides is 1. The Labute approximate surface area is 92.2 Å². The fourth-order valence-corrected chi connectivity index (χ4v) is 1.17. The summed E-state index contributed by atoms with van der Waals surface area (Å²) in [6.45, 7) is 3.11. The molecule has 0 fully saturated rings. The van der Waals surface area contributed by atoms with Crippen LogP contribution in [0.1, 0.15) is 12.5 Å². The smallest absolute Gasteiger partial charge is 0.272 e. The van der Waals surface area contributed by atoms with Gasteiger partial charge in [0.05, 0.1) is 4.92 Å². The van der Waals surface area contributed by atoms with E-state index in [1.807, 2.05) is 0 Å². The fourth-order valence-electron chi connectivity index (χ4n) is 1.17. The van der Waals surface area contributed by atoms with Gasteiger partial charge in [0.1, 0.15) is 5.75 Å². The Kier molecular flexibility index (Phi) is 3.44. The zero-order valence-corrected chi connectivity index (χ0v) is 8.97. The lowest BCUT2D eigenvalue weighted by atomic mass is 10.2. The molecule has 1 rings (SSSR count). The van der Waals surface area contributed by atoms with Gasteiger partial charge in [-0.2, -0.15) is 0 Å². The Bertz CT molecular complexity index is 431. The first kappa shape index (κ1) is 12.0. The summed E-state index contributed by atoms with van der Waals surface area (Å²) in [4.78, 5) is 20.8. The molecule has 1 aromatic rings. The number of nitrogens with two attached hydrogens (primary N) is 1. The van der Waals surface area contributed by atoms with Crippen LogP contribution in [0.4, 0.5) is 5.69 Å². The van der Waals surface area contributed by atoms with E-state index in [1.54, 1.807) is 6.92 Å². The molecule has 0 saturated heterocycles. The van der Waals surface area contributed by atoms with E-state index >= 15 is 0 Å². The van der Waals surface area contributed by atoms with Crippen LogP contribution in [0.2, 0.25) is 0 Å². The standard InChI is InChI=1S/C10H12N2O4/c1-6-5-8(16-7(2)10(11)13)3-4-9(6)12(14)15/h3-5,7H,1-2H3,(H2,11,13). The van der Waals surface area contributed by atoms with Crippen LogP contribution in [0.5, 0.6) is 5.75 Å². The van der Waals surface area contributed by atoms with Crippen LogP contribution in [0.25, 0.3) is 0 Å². The van der Waals surface area contributed by atoms with Gasteiger partial charge in [-0.15, -0.1) is 0 Å². The molecule has 1 atom stereocenters. The molecule has 16 heavy (non-hydrogen) atoms. The minimum atomic E-state index is -0.763. The summed E-state index contributed by atoms with van der Waals surface area (Å²) < 4.78 is 5.19. The monoisotopic (exact) mass is 224 g/mol. The normalized spacial score (nSPS) is 11.9. The molecule has 1 aromatic carbocycles. The summed E-state index contributed by atoms with van der Waals surface area (Å²) in [5.74, 6) is -0.203. The second kappa shape index (κ2) is 4.61. The topological polar surface area (TPSA) is 95.5 Å². The van der Waals surface area contributed by atoms with Gasteiger partial charge in [-0.1, -0.05) is 0 Å². The van der Waals surface area contributed by atoms with Crippen molar-refractivity contribution >= 4 is 11.6 Å². The van der Waals surface area contributed by atoms with E-state index in [-0.39, 0.29) is 5.69 Å². The number of ether oxygens (including phenoxy) is 1. The number of hydrogen-bond acceptors (Lipinski definition) is 4. The first-order valence-corrected chi connectivity index (χ1v) is 4.63. The predicted molar refractivity (Wildman–Crippen MR) is 57.1 cm³/mol. The van der Waals surface area contributed by atoms with E-state index in [9.17, 15) is 14.9 Å². The predicted octanol–water partition coefficient (Wildman–Crippen LogP) is 1.16. The van der Waals surface area contributed by atoms with Gasteiger partial charge in [-0.25, -0.2) is 0 Å². The maximum absolute atomic E-state index is 10.8. The number of nitrogens with zero attached hydrogens (tertiary/aromatic N) is 1. The number of carbonyl (C=O) groups is 1. The lowest BCUT2D eigenvalue weighted by molar-refractivity contribution is -0.385. The largest absolute Gasteiger partial charge is 0.481 e. The Morgan fingerprint density at radius 3 is 2.62 bits per heavy atom. The highest BCUT2D eigenvalue weighted by atomic mass is 16.6. The SMILES string of the molecule is Cc1cc(OC(C)C(N)=O)ccc1[N+](=O)[O-]. The molecular weight excluding hydrogens is 212 g/mol. The lowest BCUT2D eigenvalue weighted by Crippen LogP contribution is -2.30. The third-order valence-corrected chi connectivity index (χ3v) is 2.08. The molecule has 1 unspecified atom stereocenters. The summed E-state index contributed by atoms with van der Waals surface area (Å²) in [6.07, 6.45) is -0.763. The van der Waals surface area contributed by atoms with Crippen molar-refractivity contribution in [2.75, 3.05) is 0 Å². The van der Waals surface area contributed by atoms with Crippen LogP contribution in [-0.4, -0.2) is 16.9 Å². The Balaban J connectivity index is 2.89. The van der Waals surface area contributed by atoms with E-state index < -0.39 is 16.9 Å². The van der Waals surface area contributed by atoms with Gasteiger partial charge >= 0.3 is 0 Å². The molecule has 0 saturated carbocycles. The fraction of sp³-hybridized carbons (Fsp3) is 0.300. The molecule has 0 spiro atoms. The Morgan fingerprint density at radius 1 is 1.56 bits per heavy atom. The molecule has 6 nitrogen and oxygen atoms in total. The van der Waals surface area contributed by atoms with Crippen LogP contribution >= 0.6 is 0 Å². The van der Waals surface area contributed by atoms with Gasteiger partial charge in [0.15, 0.2) is 6.10 Å². The van der Waals surface area contributed by atoms with Crippen molar-refractivity contribution in [2.24, 2.45) is 5.73 Å². The second-order valence-electron chi connectivity index (χ2n) is 3.37. The van der Waals surface area contributed by atoms with Crippen molar-refractivity contribution in [3.8, 4) is 5.75 Å². The van der Waals surface area contributed by atoms with E-state index in [4.69, 9.17) is 10.5 Å². The highest BCUT2D eigenvalue weighted by Crippen LogP contribution is 2.23. The van der Waals surface area contributed by atoms with Crippen LogP contribution in [0.15, 0.2) is 18.2 Å². The average Bonchev–Trinajstić information content (AvgIpc) is 2.16. The van der Waals surface area contributed by atoms with E-state index in [2.05, 4.69) is 0 Å². The molecule has 1 amide bonds. The quantitative estimate of drug-likeness (QED) is 0.613. The summed E-state index contributed by atoms with van der Waals surface area (Å²) in [6, 6.07) is 4.26. The minimum absolute atomic E-state index is 0.0130. The third kappa shape index (κ3) is 2.69. The molecule has 0 bridgehead atoms. The maximum Gasteiger partial charge on any atom is 0.272 e. The zero-order chi connectivity index (χ0) is 12.3. The summed E-state index contributed by atoms with van der Waals surface area (Å²) >= 11 is 0. The Hall–Kier alpha value is -2.11. The van der Waals surface area contributed by atoms with Crippen LogP contribution in [0, 0.1) is 17.0 Å². The highest BCUT2D eigenvalue weighted by Gasteiger charge is 2.14. The van der Waals surface area contributed by atoms with Crippen molar-refractivity contribution < 1.29 is 14.5 Å². The minimum Gasteiger partial charge on any atom is -0.481 e. The van der Waals surface area contributed by atoms with Crippen LogP contribution in [0.3, 0.4) is 0 Å². The number of aryl methyl sites for hydroxylation is 1. The molecule has 86 valence electrons. The van der Waals surface area contributed by atoms with E-state index in [0.717, 1.165) is 0 Å². The van der Waals surface area contributed by atoms with Gasteiger partial charge in [-0.3, -0.25) is 14.9 Å². The van der Waals surface area contributed by atoms with Gasteiger partial charge in [0.2, 0.25) is 0 Å². The van der Waals surface area contributed by atoms with Gasteiger partial charge in [0.25, 0.3) is 11.6 Å². The van der Waals surface area contributed by atoms with Crippen molar-refractivity contribution in [1.82, 2.24) is 0 Å². The average molecular weight is 224 g/mol. The van der Waals surface area contributed by atoms with Crippen molar-refractivity contribution in [2.45, 2.75) is 20.0 Å². The Morgan fingerprint density at radius 2 is 2.19 bits per heavy atom. The van der Waals surface area contributed by atoms with E-state index in [0.29, 0.717) is 11.3 Å². The summed E-state index contributed by atoms with van der Waals surface area (Å²) in [5, 5.41) is 10.6. The molecule has 0 aromatic heterocycles. The van der Waals surface area contributed by atoms with Gasteiger partial charge < -0.3 is 10.5 Å². The van der Waals surface area contributed by atoms with Gasteiger partial charge in [0, 0.05) is 11.6 Å². The molecule has 0 aliphatic carbocycles. The molecule has 0 heterocycles. The lowest BCUT2D eigenvalue weighted by Gasteiger charge is -2.11. The maximum atomic E-state index is 10.8. The number of rotatable bonds is 4. The number of benzene rings is 1. The third-order valence-electron chi connectivity index (χ3n) is 2.08.